The van der Waals surface area contributed by atoms with Crippen LogP contribution in [0.4, 0.5) is 13.2 Å². The van der Waals surface area contributed by atoms with Crippen molar-refractivity contribution in [1.29, 1.82) is 5.26 Å². The summed E-state index contributed by atoms with van der Waals surface area (Å²) in [5.74, 6) is -3.50. The molecule has 0 fully saturated rings. The van der Waals surface area contributed by atoms with Crippen LogP contribution in [0.1, 0.15) is 13.3 Å². The third-order valence-corrected chi connectivity index (χ3v) is 1.54. The number of esters is 1. The lowest BCUT2D eigenvalue weighted by Crippen LogP contribution is -2.64. The molecule has 0 aliphatic carbocycles. The Hall–Kier alpha value is -1.82. The van der Waals surface area contributed by atoms with E-state index in [-0.39, 0.29) is 0 Å². The molecule has 0 rings (SSSR count). The minimum Gasteiger partial charge on any atom is -0.462 e. The molecule has 1 atom stereocenters. The van der Waals surface area contributed by atoms with E-state index >= 15 is 0 Å². The molecule has 0 aromatic heterocycles. The highest BCUT2D eigenvalue weighted by Crippen LogP contribution is 2.29. The lowest BCUT2D eigenvalue weighted by Gasteiger charge is -2.28. The van der Waals surface area contributed by atoms with Crippen molar-refractivity contribution < 1.29 is 32.6 Å². The second kappa shape index (κ2) is 5.49. The van der Waals surface area contributed by atoms with Crippen molar-refractivity contribution >= 4 is 11.9 Å². The molecule has 0 heterocycles. The molecular formula is C8H9F3N2O4. The first-order chi connectivity index (χ1) is 7.69. The average Bonchev–Trinajstić information content (AvgIpc) is 2.16. The lowest BCUT2D eigenvalue weighted by molar-refractivity contribution is -0.271. The van der Waals surface area contributed by atoms with Gasteiger partial charge in [0, 0.05) is 0 Å². The molecule has 2 N–H and O–H groups in total. The van der Waals surface area contributed by atoms with Gasteiger partial charge in [-0.05, 0) is 6.92 Å². The Balaban J connectivity index is 5.07. The molecular weight excluding hydrogens is 245 g/mol. The number of carbonyl (C=O) groups is 2. The Bertz CT molecular complexity index is 350. The van der Waals surface area contributed by atoms with Gasteiger partial charge >= 0.3 is 17.9 Å². The molecule has 0 bridgehead atoms. The summed E-state index contributed by atoms with van der Waals surface area (Å²) in [5, 5.41) is 18.2. The Kier molecular flexibility index (Phi) is 4.90. The van der Waals surface area contributed by atoms with Gasteiger partial charge < -0.3 is 15.2 Å². The maximum Gasteiger partial charge on any atom is 0.448 e. The second-order valence-electron chi connectivity index (χ2n) is 2.81. The van der Waals surface area contributed by atoms with Crippen molar-refractivity contribution in [2.45, 2.75) is 25.2 Å². The smallest absolute Gasteiger partial charge is 0.448 e. The molecule has 6 nitrogen and oxygen atoms in total. The number of aliphatic hydroxyl groups is 1. The first-order valence-corrected chi connectivity index (χ1v) is 4.33. The van der Waals surface area contributed by atoms with E-state index in [0.717, 1.165) is 5.32 Å². The molecule has 0 radical (unpaired) electrons. The van der Waals surface area contributed by atoms with Crippen LogP contribution in [-0.2, 0) is 14.3 Å². The van der Waals surface area contributed by atoms with Crippen molar-refractivity contribution in [1.82, 2.24) is 5.32 Å². The predicted octanol–water partition coefficient (Wildman–Crippen LogP) is -0.170. The minimum absolute atomic E-state index is 0.411. The molecule has 0 aromatic rings. The molecule has 0 unspecified atom stereocenters. The highest BCUT2D eigenvalue weighted by molar-refractivity contribution is 5.88. The molecule has 0 saturated heterocycles. The quantitative estimate of drug-likeness (QED) is 0.536. The van der Waals surface area contributed by atoms with E-state index in [1.54, 1.807) is 0 Å². The number of hydrogen-bond donors (Lipinski definition) is 2. The van der Waals surface area contributed by atoms with Crippen molar-refractivity contribution in [3.8, 4) is 6.07 Å². The van der Waals surface area contributed by atoms with E-state index < -0.39 is 36.8 Å². The normalized spacial score (nSPS) is 14.4. The summed E-state index contributed by atoms with van der Waals surface area (Å²) in [5.41, 5.74) is -4.14. The summed E-state index contributed by atoms with van der Waals surface area (Å²) >= 11 is 0. The van der Waals surface area contributed by atoms with Crippen LogP contribution in [0.3, 0.4) is 0 Å². The van der Waals surface area contributed by atoms with Gasteiger partial charge in [-0.15, -0.1) is 0 Å². The van der Waals surface area contributed by atoms with E-state index in [4.69, 9.17) is 10.4 Å². The largest absolute Gasteiger partial charge is 0.462 e. The monoisotopic (exact) mass is 254 g/mol. The van der Waals surface area contributed by atoms with Crippen LogP contribution in [0.5, 0.6) is 0 Å². The van der Waals surface area contributed by atoms with E-state index in [2.05, 4.69) is 4.74 Å². The van der Waals surface area contributed by atoms with Crippen molar-refractivity contribution in [3.05, 3.63) is 0 Å². The predicted molar refractivity (Wildman–Crippen MR) is 46.0 cm³/mol. The van der Waals surface area contributed by atoms with E-state index in [1.165, 1.54) is 13.0 Å². The first kappa shape index (κ1) is 15.2. The molecule has 96 valence electrons. The zero-order valence-electron chi connectivity index (χ0n) is 8.67. The SMILES string of the molecule is CCOC(=O)[C@@](O)(NC(=O)CC#N)C(F)(F)F. The van der Waals surface area contributed by atoms with Crippen LogP contribution in [0.25, 0.3) is 0 Å². The molecule has 0 aliphatic heterocycles. The molecule has 9 heteroatoms. The maximum atomic E-state index is 12.4. The van der Waals surface area contributed by atoms with E-state index in [9.17, 15) is 22.8 Å². The van der Waals surface area contributed by atoms with Crippen LogP contribution < -0.4 is 5.32 Å². The number of rotatable bonds is 4. The zero-order valence-corrected chi connectivity index (χ0v) is 8.67. The fourth-order valence-corrected chi connectivity index (χ4v) is 0.791. The third-order valence-electron chi connectivity index (χ3n) is 1.54. The van der Waals surface area contributed by atoms with Gasteiger partial charge in [-0.1, -0.05) is 0 Å². The van der Waals surface area contributed by atoms with Crippen LogP contribution in [0.15, 0.2) is 0 Å². The molecule has 0 aliphatic rings. The number of ether oxygens (including phenoxy) is 1. The van der Waals surface area contributed by atoms with Crippen molar-refractivity contribution in [3.63, 3.8) is 0 Å². The number of alkyl halides is 3. The maximum absolute atomic E-state index is 12.4. The van der Waals surface area contributed by atoms with Gasteiger partial charge in [0.25, 0.3) is 0 Å². The number of nitrogens with zero attached hydrogens (tertiary/aromatic N) is 1. The number of amides is 1. The Labute approximate surface area is 94.0 Å². The van der Waals surface area contributed by atoms with Crippen LogP contribution in [0, 0.1) is 11.3 Å². The fraction of sp³-hybridized carbons (Fsp3) is 0.625. The van der Waals surface area contributed by atoms with Gasteiger partial charge in [-0.2, -0.15) is 18.4 Å². The third kappa shape index (κ3) is 3.60. The Morgan fingerprint density at radius 1 is 1.47 bits per heavy atom. The van der Waals surface area contributed by atoms with Gasteiger partial charge in [0.15, 0.2) is 0 Å². The molecule has 0 spiro atoms. The summed E-state index contributed by atoms with van der Waals surface area (Å²) < 4.78 is 41.3. The Morgan fingerprint density at radius 2 is 2.00 bits per heavy atom. The summed E-state index contributed by atoms with van der Waals surface area (Å²) in [4.78, 5) is 21.8. The average molecular weight is 254 g/mol. The standard InChI is InChI=1S/C8H9F3N2O4/c1-2-17-6(15)7(16,8(9,10)11)13-5(14)3-4-12/h16H,2-3H2,1H3,(H,13,14)/t7-/m0/s1. The highest BCUT2D eigenvalue weighted by atomic mass is 19.4. The van der Waals surface area contributed by atoms with Gasteiger partial charge in [0.05, 0.1) is 12.7 Å². The van der Waals surface area contributed by atoms with Crippen LogP contribution in [0.2, 0.25) is 0 Å². The number of halogens is 3. The molecule has 17 heavy (non-hydrogen) atoms. The van der Waals surface area contributed by atoms with Crippen molar-refractivity contribution in [2.24, 2.45) is 0 Å². The van der Waals surface area contributed by atoms with Crippen molar-refractivity contribution in [2.75, 3.05) is 6.61 Å². The van der Waals surface area contributed by atoms with Gasteiger partial charge in [0.1, 0.15) is 6.42 Å². The first-order valence-electron chi connectivity index (χ1n) is 4.33. The topological polar surface area (TPSA) is 99.4 Å². The second-order valence-corrected chi connectivity index (χ2v) is 2.81. The fourth-order valence-electron chi connectivity index (χ4n) is 0.791. The van der Waals surface area contributed by atoms with Gasteiger partial charge in [-0.25, -0.2) is 4.79 Å². The van der Waals surface area contributed by atoms with Gasteiger partial charge in [0.2, 0.25) is 5.91 Å². The summed E-state index contributed by atoms with van der Waals surface area (Å²) in [6.45, 7) is 0.817. The summed E-state index contributed by atoms with van der Waals surface area (Å²) in [6.07, 6.45) is -6.39. The van der Waals surface area contributed by atoms with E-state index in [0.29, 0.717) is 0 Å². The molecule has 0 saturated carbocycles. The number of carbonyl (C=O) groups excluding carboxylic acids is 2. The van der Waals surface area contributed by atoms with E-state index in [1.807, 2.05) is 0 Å². The lowest BCUT2D eigenvalue weighted by atomic mass is 10.2. The van der Waals surface area contributed by atoms with Gasteiger partial charge in [-0.3, -0.25) is 4.79 Å². The Morgan fingerprint density at radius 3 is 2.35 bits per heavy atom. The minimum atomic E-state index is -5.45. The van der Waals surface area contributed by atoms with Crippen LogP contribution in [-0.4, -0.2) is 35.5 Å². The molecule has 0 aromatic carbocycles. The summed E-state index contributed by atoms with van der Waals surface area (Å²) in [7, 11) is 0. The highest BCUT2D eigenvalue weighted by Gasteiger charge is 2.62. The number of nitrogens with one attached hydrogen (secondary N) is 1. The zero-order chi connectivity index (χ0) is 13.7. The summed E-state index contributed by atoms with van der Waals surface area (Å²) in [6, 6.07) is 1.27. The molecule has 1 amide bonds. The number of hydrogen-bond acceptors (Lipinski definition) is 5. The van der Waals surface area contributed by atoms with Crippen LogP contribution >= 0.6 is 0 Å². The number of nitriles is 1.